The maximum absolute atomic E-state index is 11.8. The molecule has 8 heteroatoms. The SMILES string of the molecule is CCOC(C)COCc1ccc([C@@]2(O)CCNC[C@@H]2OCc2ccc3c(c2)N(CCCOC)CCO3)cc1. The van der Waals surface area contributed by atoms with Crippen molar-refractivity contribution in [3.05, 3.63) is 59.2 Å². The summed E-state index contributed by atoms with van der Waals surface area (Å²) in [5.74, 6) is 0.907. The molecule has 0 bridgehead atoms. The van der Waals surface area contributed by atoms with Gasteiger partial charge in [-0.05, 0) is 62.1 Å². The lowest BCUT2D eigenvalue weighted by molar-refractivity contribution is -0.134. The van der Waals surface area contributed by atoms with E-state index in [4.69, 9.17) is 23.7 Å². The highest BCUT2D eigenvalue weighted by Crippen LogP contribution is 2.35. The summed E-state index contributed by atoms with van der Waals surface area (Å²) >= 11 is 0. The Morgan fingerprint density at radius 2 is 1.97 bits per heavy atom. The van der Waals surface area contributed by atoms with Crippen LogP contribution < -0.4 is 15.0 Å². The highest BCUT2D eigenvalue weighted by molar-refractivity contribution is 5.61. The molecule has 0 spiro atoms. The Bertz CT molecular complexity index is 987. The molecule has 210 valence electrons. The summed E-state index contributed by atoms with van der Waals surface area (Å²) in [7, 11) is 1.73. The predicted octanol–water partition coefficient (Wildman–Crippen LogP) is 3.63. The molecule has 1 saturated heterocycles. The van der Waals surface area contributed by atoms with Gasteiger partial charge in [-0.15, -0.1) is 0 Å². The van der Waals surface area contributed by atoms with Gasteiger partial charge in [-0.25, -0.2) is 0 Å². The molecule has 8 nitrogen and oxygen atoms in total. The highest BCUT2D eigenvalue weighted by atomic mass is 16.5. The molecule has 4 rings (SSSR count). The fourth-order valence-electron chi connectivity index (χ4n) is 5.17. The first-order valence-electron chi connectivity index (χ1n) is 13.9. The molecule has 1 unspecified atom stereocenters. The van der Waals surface area contributed by atoms with Crippen molar-refractivity contribution in [1.82, 2.24) is 5.32 Å². The number of rotatable bonds is 14. The Morgan fingerprint density at radius 1 is 1.16 bits per heavy atom. The Labute approximate surface area is 227 Å². The molecule has 3 atom stereocenters. The normalized spacial score (nSPS) is 22.1. The number of aliphatic hydroxyl groups is 1. The first kappa shape index (κ1) is 28.8. The van der Waals surface area contributed by atoms with Crippen LogP contribution in [0.3, 0.4) is 0 Å². The van der Waals surface area contributed by atoms with Gasteiger partial charge in [0.1, 0.15) is 24.1 Å². The van der Waals surface area contributed by atoms with Gasteiger partial charge >= 0.3 is 0 Å². The van der Waals surface area contributed by atoms with E-state index in [9.17, 15) is 5.11 Å². The van der Waals surface area contributed by atoms with E-state index >= 15 is 0 Å². The van der Waals surface area contributed by atoms with Crippen molar-refractivity contribution in [3.63, 3.8) is 0 Å². The first-order valence-corrected chi connectivity index (χ1v) is 13.9. The molecule has 0 radical (unpaired) electrons. The molecule has 0 aliphatic carbocycles. The van der Waals surface area contributed by atoms with Crippen LogP contribution in [0.4, 0.5) is 5.69 Å². The fourth-order valence-corrected chi connectivity index (χ4v) is 5.17. The zero-order valence-corrected chi connectivity index (χ0v) is 23.1. The number of ether oxygens (including phenoxy) is 5. The first-order chi connectivity index (χ1) is 18.5. The van der Waals surface area contributed by atoms with Crippen LogP contribution in [0.1, 0.15) is 43.4 Å². The lowest BCUT2D eigenvalue weighted by Crippen LogP contribution is -2.53. The van der Waals surface area contributed by atoms with Crippen molar-refractivity contribution in [2.45, 2.75) is 57.7 Å². The molecular weight excluding hydrogens is 484 g/mol. The van der Waals surface area contributed by atoms with Gasteiger partial charge in [0.05, 0.1) is 38.2 Å². The average molecular weight is 529 g/mol. The van der Waals surface area contributed by atoms with E-state index in [2.05, 4.69) is 16.3 Å². The third-order valence-electron chi connectivity index (χ3n) is 7.28. The Hall–Kier alpha value is -2.20. The summed E-state index contributed by atoms with van der Waals surface area (Å²) in [6.45, 7) is 10.7. The molecule has 2 aromatic rings. The van der Waals surface area contributed by atoms with Crippen molar-refractivity contribution < 1.29 is 28.8 Å². The van der Waals surface area contributed by atoms with E-state index in [1.54, 1.807) is 7.11 Å². The quantitative estimate of drug-likeness (QED) is 0.360. The Morgan fingerprint density at radius 3 is 2.76 bits per heavy atom. The summed E-state index contributed by atoms with van der Waals surface area (Å²) in [4.78, 5) is 2.35. The van der Waals surface area contributed by atoms with E-state index in [1.807, 2.05) is 50.2 Å². The molecule has 2 aliphatic heterocycles. The maximum Gasteiger partial charge on any atom is 0.142 e. The summed E-state index contributed by atoms with van der Waals surface area (Å²) < 4.78 is 28.8. The molecular formula is C30H44N2O6. The molecule has 1 fully saturated rings. The number of fused-ring (bicyclic) bond motifs is 1. The number of nitrogens with one attached hydrogen (secondary N) is 1. The van der Waals surface area contributed by atoms with Crippen LogP contribution in [0.15, 0.2) is 42.5 Å². The van der Waals surface area contributed by atoms with Crippen molar-refractivity contribution >= 4 is 5.69 Å². The van der Waals surface area contributed by atoms with Crippen LogP contribution in [-0.2, 0) is 37.8 Å². The summed E-state index contributed by atoms with van der Waals surface area (Å²) in [6, 6.07) is 14.3. The van der Waals surface area contributed by atoms with Crippen LogP contribution in [0.25, 0.3) is 0 Å². The van der Waals surface area contributed by atoms with Crippen LogP contribution in [0.2, 0.25) is 0 Å². The van der Waals surface area contributed by atoms with Crippen molar-refractivity contribution in [2.24, 2.45) is 0 Å². The second-order valence-electron chi connectivity index (χ2n) is 10.1. The van der Waals surface area contributed by atoms with Gasteiger partial charge in [0.2, 0.25) is 0 Å². The second-order valence-corrected chi connectivity index (χ2v) is 10.1. The number of anilines is 1. The number of hydrogen-bond donors (Lipinski definition) is 2. The minimum absolute atomic E-state index is 0.0778. The van der Waals surface area contributed by atoms with Crippen molar-refractivity contribution in [1.29, 1.82) is 0 Å². The van der Waals surface area contributed by atoms with Gasteiger partial charge < -0.3 is 39.0 Å². The van der Waals surface area contributed by atoms with Gasteiger partial charge in [0.25, 0.3) is 0 Å². The molecule has 38 heavy (non-hydrogen) atoms. The minimum Gasteiger partial charge on any atom is -0.490 e. The molecule has 0 saturated carbocycles. The Balaban J connectivity index is 1.38. The summed E-state index contributed by atoms with van der Waals surface area (Å²) in [5, 5.41) is 15.2. The van der Waals surface area contributed by atoms with Gasteiger partial charge in [-0.1, -0.05) is 30.3 Å². The fraction of sp³-hybridized carbons (Fsp3) is 0.600. The van der Waals surface area contributed by atoms with Gasteiger partial charge in [0, 0.05) is 33.4 Å². The van der Waals surface area contributed by atoms with E-state index in [0.29, 0.717) is 46.0 Å². The second kappa shape index (κ2) is 14.3. The van der Waals surface area contributed by atoms with Crippen molar-refractivity contribution in [2.75, 3.05) is 64.6 Å². The van der Waals surface area contributed by atoms with Gasteiger partial charge in [-0.3, -0.25) is 0 Å². The number of nitrogens with zero attached hydrogens (tertiary/aromatic N) is 1. The topological polar surface area (TPSA) is 81.7 Å². The van der Waals surface area contributed by atoms with E-state index in [1.165, 1.54) is 0 Å². The minimum atomic E-state index is -1.06. The summed E-state index contributed by atoms with van der Waals surface area (Å²) in [5.41, 5.74) is 3.04. The monoisotopic (exact) mass is 528 g/mol. The van der Waals surface area contributed by atoms with Crippen LogP contribution in [0.5, 0.6) is 5.75 Å². The summed E-state index contributed by atoms with van der Waals surface area (Å²) in [6.07, 6.45) is 1.27. The molecule has 2 N–H and O–H groups in total. The highest BCUT2D eigenvalue weighted by Gasteiger charge is 2.41. The van der Waals surface area contributed by atoms with Crippen molar-refractivity contribution in [3.8, 4) is 5.75 Å². The van der Waals surface area contributed by atoms with Gasteiger partial charge in [-0.2, -0.15) is 0 Å². The van der Waals surface area contributed by atoms with Gasteiger partial charge in [0.15, 0.2) is 0 Å². The lowest BCUT2D eigenvalue weighted by Gasteiger charge is -2.40. The molecule has 2 heterocycles. The molecule has 0 amide bonds. The third kappa shape index (κ3) is 7.46. The maximum atomic E-state index is 11.8. The number of hydrogen-bond acceptors (Lipinski definition) is 8. The van der Waals surface area contributed by atoms with Crippen LogP contribution >= 0.6 is 0 Å². The zero-order chi connectivity index (χ0) is 26.8. The number of piperidine rings is 1. The molecule has 2 aliphatic rings. The predicted molar refractivity (Wildman–Crippen MR) is 148 cm³/mol. The van der Waals surface area contributed by atoms with Crippen LogP contribution in [0, 0.1) is 0 Å². The zero-order valence-electron chi connectivity index (χ0n) is 23.1. The standard InChI is InChI=1S/C30H44N2O6/c1-4-36-23(2)20-35-21-24-6-9-26(10-7-24)30(33)12-13-31-19-29(30)38-22-25-8-11-28-27(18-25)32(15-17-37-28)14-5-16-34-3/h6-11,18,23,29,31,33H,4-5,12-17,19-22H2,1-3H3/t23?,29-,30-/m0/s1. The lowest BCUT2D eigenvalue weighted by atomic mass is 9.82. The van der Waals surface area contributed by atoms with E-state index < -0.39 is 5.60 Å². The third-order valence-corrected chi connectivity index (χ3v) is 7.28. The Kier molecular flexibility index (Phi) is 10.8. The average Bonchev–Trinajstić information content (AvgIpc) is 2.93. The number of benzene rings is 2. The van der Waals surface area contributed by atoms with E-state index in [0.717, 1.165) is 60.8 Å². The molecule has 2 aromatic carbocycles. The molecule has 0 aromatic heterocycles. The smallest absolute Gasteiger partial charge is 0.142 e. The van der Waals surface area contributed by atoms with E-state index in [-0.39, 0.29) is 12.2 Å². The number of methoxy groups -OCH3 is 1. The van der Waals surface area contributed by atoms with Crippen LogP contribution in [-0.4, -0.2) is 77.0 Å². The largest absolute Gasteiger partial charge is 0.490 e.